The molecule has 0 unspecified atom stereocenters. The Morgan fingerprint density at radius 1 is 1.23 bits per heavy atom. The topological polar surface area (TPSA) is 105 Å². The third kappa shape index (κ3) is 4.08. The zero-order chi connectivity index (χ0) is 18.5. The van der Waals surface area contributed by atoms with E-state index in [0.717, 1.165) is 31.6 Å². The molecule has 0 spiro atoms. The molecule has 1 aromatic carbocycles. The first-order valence-corrected chi connectivity index (χ1v) is 8.32. The minimum absolute atomic E-state index is 0.0595. The zero-order valence-electron chi connectivity index (χ0n) is 14.4. The van der Waals surface area contributed by atoms with E-state index >= 15 is 0 Å². The number of carbonyl (C=O) groups is 2. The van der Waals surface area contributed by atoms with E-state index in [1.807, 2.05) is 12.1 Å². The fourth-order valence-corrected chi connectivity index (χ4v) is 2.94. The molecule has 1 aliphatic rings. The molecule has 0 amide bonds. The number of ether oxygens (including phenoxy) is 1. The number of rotatable bonds is 5. The van der Waals surface area contributed by atoms with Crippen LogP contribution < -0.4 is 10.2 Å². The third-order valence-electron chi connectivity index (χ3n) is 4.33. The van der Waals surface area contributed by atoms with E-state index in [4.69, 9.17) is 9.84 Å². The molecule has 0 saturated carbocycles. The normalized spacial score (nSPS) is 14.7. The van der Waals surface area contributed by atoms with Crippen molar-refractivity contribution in [3.05, 3.63) is 47.9 Å². The van der Waals surface area contributed by atoms with Crippen LogP contribution in [0.25, 0.3) is 0 Å². The van der Waals surface area contributed by atoms with Gasteiger partial charge in [-0.3, -0.25) is 0 Å². The number of nitrogens with zero attached hydrogens (tertiary/aromatic N) is 3. The highest BCUT2D eigenvalue weighted by atomic mass is 16.5. The van der Waals surface area contributed by atoms with Crippen LogP contribution in [-0.2, 0) is 4.74 Å². The number of hydrogen-bond acceptors (Lipinski definition) is 7. The summed E-state index contributed by atoms with van der Waals surface area (Å²) in [6.45, 7) is 1.57. The molecule has 0 radical (unpaired) electrons. The lowest BCUT2D eigenvalue weighted by atomic mass is 10.0. The second-order valence-corrected chi connectivity index (χ2v) is 6.04. The van der Waals surface area contributed by atoms with Gasteiger partial charge in [0.15, 0.2) is 5.69 Å². The van der Waals surface area contributed by atoms with E-state index in [2.05, 4.69) is 20.2 Å². The number of hydrogen-bond donors (Lipinski definition) is 2. The first-order chi connectivity index (χ1) is 12.6. The molecule has 8 nitrogen and oxygen atoms in total. The second kappa shape index (κ2) is 7.81. The van der Waals surface area contributed by atoms with Crippen LogP contribution in [0.4, 0.5) is 11.5 Å². The van der Waals surface area contributed by atoms with Crippen molar-refractivity contribution >= 4 is 23.4 Å². The van der Waals surface area contributed by atoms with Gasteiger partial charge in [-0.1, -0.05) is 6.07 Å². The van der Waals surface area contributed by atoms with Crippen molar-refractivity contribution in [2.45, 2.75) is 18.9 Å². The fourth-order valence-electron chi connectivity index (χ4n) is 2.94. The molecule has 136 valence electrons. The Morgan fingerprint density at radius 2 is 2.00 bits per heavy atom. The molecule has 8 heteroatoms. The predicted octanol–water partition coefficient (Wildman–Crippen LogP) is 2.04. The van der Waals surface area contributed by atoms with E-state index in [1.165, 1.54) is 19.5 Å². The summed E-state index contributed by atoms with van der Waals surface area (Å²) in [6, 6.07) is 7.54. The summed E-state index contributed by atoms with van der Waals surface area (Å²) >= 11 is 0. The smallest absolute Gasteiger partial charge is 0.356 e. The number of carboxylic acids is 1. The Bertz CT molecular complexity index is 786. The molecule has 1 aliphatic heterocycles. The first-order valence-electron chi connectivity index (χ1n) is 8.32. The van der Waals surface area contributed by atoms with E-state index in [0.29, 0.717) is 11.4 Å². The van der Waals surface area contributed by atoms with Crippen LogP contribution in [0.15, 0.2) is 36.7 Å². The van der Waals surface area contributed by atoms with Gasteiger partial charge in [0.25, 0.3) is 0 Å². The molecule has 1 fully saturated rings. The monoisotopic (exact) mass is 356 g/mol. The summed E-state index contributed by atoms with van der Waals surface area (Å²) in [5, 5.41) is 12.3. The number of anilines is 2. The Kier molecular flexibility index (Phi) is 5.31. The highest BCUT2D eigenvalue weighted by molar-refractivity contribution is 5.90. The SMILES string of the molecule is COC(=O)c1cccc(NC2CCN(c3cnc(C(=O)O)cn3)CC2)c1. The van der Waals surface area contributed by atoms with Crippen molar-refractivity contribution in [2.75, 3.05) is 30.4 Å². The zero-order valence-corrected chi connectivity index (χ0v) is 14.4. The van der Waals surface area contributed by atoms with Crippen molar-refractivity contribution < 1.29 is 19.4 Å². The average molecular weight is 356 g/mol. The Labute approximate surface area is 150 Å². The molecule has 1 saturated heterocycles. The Balaban J connectivity index is 1.57. The van der Waals surface area contributed by atoms with Gasteiger partial charge in [0.05, 0.1) is 25.1 Å². The number of esters is 1. The first kappa shape index (κ1) is 17.7. The van der Waals surface area contributed by atoms with Gasteiger partial charge in [0.2, 0.25) is 0 Å². The van der Waals surface area contributed by atoms with Gasteiger partial charge in [-0.05, 0) is 31.0 Å². The molecule has 2 N–H and O–H groups in total. The summed E-state index contributed by atoms with van der Waals surface area (Å²) in [7, 11) is 1.37. The fraction of sp³-hybridized carbons (Fsp3) is 0.333. The van der Waals surface area contributed by atoms with Crippen LogP contribution in [-0.4, -0.2) is 53.3 Å². The summed E-state index contributed by atoms with van der Waals surface area (Å²) in [6.07, 6.45) is 4.56. The highest BCUT2D eigenvalue weighted by Crippen LogP contribution is 2.21. The van der Waals surface area contributed by atoms with Crippen molar-refractivity contribution in [3.63, 3.8) is 0 Å². The largest absolute Gasteiger partial charge is 0.476 e. The quantitative estimate of drug-likeness (QED) is 0.784. The molecule has 2 heterocycles. The minimum atomic E-state index is -1.08. The Morgan fingerprint density at radius 3 is 2.62 bits per heavy atom. The predicted molar refractivity (Wildman–Crippen MR) is 95.6 cm³/mol. The van der Waals surface area contributed by atoms with Gasteiger partial charge >= 0.3 is 11.9 Å². The van der Waals surface area contributed by atoms with Crippen LogP contribution in [0.3, 0.4) is 0 Å². The van der Waals surface area contributed by atoms with Crippen LogP contribution in [0, 0.1) is 0 Å². The van der Waals surface area contributed by atoms with Crippen LogP contribution in [0.1, 0.15) is 33.7 Å². The van der Waals surface area contributed by atoms with Crippen molar-refractivity contribution in [1.29, 1.82) is 0 Å². The lowest BCUT2D eigenvalue weighted by Gasteiger charge is -2.33. The molecule has 2 aromatic rings. The van der Waals surface area contributed by atoms with Crippen LogP contribution in [0.5, 0.6) is 0 Å². The van der Waals surface area contributed by atoms with E-state index in [-0.39, 0.29) is 17.7 Å². The minimum Gasteiger partial charge on any atom is -0.476 e. The van der Waals surface area contributed by atoms with E-state index in [9.17, 15) is 9.59 Å². The van der Waals surface area contributed by atoms with Gasteiger partial charge < -0.3 is 20.1 Å². The number of piperidine rings is 1. The lowest BCUT2D eigenvalue weighted by Crippen LogP contribution is -2.39. The number of methoxy groups -OCH3 is 1. The van der Waals surface area contributed by atoms with Gasteiger partial charge in [0, 0.05) is 24.8 Å². The molecule has 0 atom stereocenters. The Hall–Kier alpha value is -3.16. The maximum atomic E-state index is 11.6. The van der Waals surface area contributed by atoms with Crippen molar-refractivity contribution in [2.24, 2.45) is 0 Å². The maximum absolute atomic E-state index is 11.6. The lowest BCUT2D eigenvalue weighted by molar-refractivity contribution is 0.0599. The van der Waals surface area contributed by atoms with Gasteiger partial charge in [-0.2, -0.15) is 0 Å². The molecule has 26 heavy (non-hydrogen) atoms. The average Bonchev–Trinajstić information content (AvgIpc) is 2.68. The highest BCUT2D eigenvalue weighted by Gasteiger charge is 2.21. The summed E-state index contributed by atoms with van der Waals surface area (Å²) in [5.41, 5.74) is 1.34. The van der Waals surface area contributed by atoms with Gasteiger partial charge in [0.1, 0.15) is 5.82 Å². The summed E-state index contributed by atoms with van der Waals surface area (Å²) < 4.78 is 4.74. The number of aromatic nitrogens is 2. The molecular formula is C18H20N4O4. The van der Waals surface area contributed by atoms with Crippen molar-refractivity contribution in [3.8, 4) is 0 Å². The number of carbonyl (C=O) groups excluding carboxylic acids is 1. The number of aromatic carboxylic acids is 1. The number of benzene rings is 1. The standard InChI is InChI=1S/C18H20N4O4/c1-26-18(25)12-3-2-4-14(9-12)21-13-5-7-22(8-6-13)16-11-19-15(10-20-16)17(23)24/h2-4,9-11,13,21H,5-8H2,1H3,(H,23,24). The third-order valence-corrected chi connectivity index (χ3v) is 4.33. The van der Waals surface area contributed by atoms with Crippen molar-refractivity contribution in [1.82, 2.24) is 9.97 Å². The second-order valence-electron chi connectivity index (χ2n) is 6.04. The molecular weight excluding hydrogens is 336 g/mol. The molecule has 1 aromatic heterocycles. The summed E-state index contributed by atoms with van der Waals surface area (Å²) in [5.74, 6) is -0.755. The summed E-state index contributed by atoms with van der Waals surface area (Å²) in [4.78, 5) is 32.6. The maximum Gasteiger partial charge on any atom is 0.356 e. The molecule has 0 bridgehead atoms. The van der Waals surface area contributed by atoms with Gasteiger partial charge in [-0.25, -0.2) is 19.6 Å². The number of carboxylic acid groups (broad SMARTS) is 1. The van der Waals surface area contributed by atoms with E-state index < -0.39 is 5.97 Å². The molecule has 3 rings (SSSR count). The number of nitrogens with one attached hydrogen (secondary N) is 1. The molecule has 0 aliphatic carbocycles. The van der Waals surface area contributed by atoms with E-state index in [1.54, 1.807) is 12.1 Å². The van der Waals surface area contributed by atoms with Crippen LogP contribution >= 0.6 is 0 Å². The van der Waals surface area contributed by atoms with Crippen LogP contribution in [0.2, 0.25) is 0 Å². The van der Waals surface area contributed by atoms with Gasteiger partial charge in [-0.15, -0.1) is 0 Å².